The normalized spacial score (nSPS) is 16.1. The molecule has 1 aromatic heterocycles. The molecule has 0 spiro atoms. The maximum Gasteiger partial charge on any atom is 0.255 e. The van der Waals surface area contributed by atoms with Gasteiger partial charge < -0.3 is 20.7 Å². The molecular formula is C25H26N4O3S. The van der Waals surface area contributed by atoms with E-state index in [0.717, 1.165) is 54.5 Å². The lowest BCUT2D eigenvalue weighted by molar-refractivity contribution is -0.117. The van der Waals surface area contributed by atoms with E-state index in [1.54, 1.807) is 23.5 Å². The molecule has 2 aromatic carbocycles. The first-order chi connectivity index (χ1) is 16.1. The van der Waals surface area contributed by atoms with Crippen molar-refractivity contribution in [2.75, 3.05) is 55.3 Å². The topological polar surface area (TPSA) is 87.9 Å². The van der Waals surface area contributed by atoms with E-state index in [2.05, 4.69) is 10.2 Å². The van der Waals surface area contributed by atoms with Gasteiger partial charge in [0.1, 0.15) is 0 Å². The van der Waals surface area contributed by atoms with E-state index in [1.807, 2.05) is 46.7 Å². The highest BCUT2D eigenvalue weighted by molar-refractivity contribution is 7.13. The predicted molar refractivity (Wildman–Crippen MR) is 132 cm³/mol. The molecule has 7 nitrogen and oxygen atoms in total. The molecule has 2 aliphatic rings. The second-order valence-corrected chi connectivity index (χ2v) is 9.20. The van der Waals surface area contributed by atoms with Crippen LogP contribution in [0.3, 0.4) is 0 Å². The lowest BCUT2D eigenvalue weighted by atomic mass is 10.1. The summed E-state index contributed by atoms with van der Waals surface area (Å²) in [5, 5.41) is 4.95. The number of nitrogens with two attached hydrogens (primary N) is 1. The van der Waals surface area contributed by atoms with Gasteiger partial charge in [0.2, 0.25) is 5.91 Å². The Kier molecular flexibility index (Phi) is 6.13. The Hall–Kier alpha value is -3.20. The maximum absolute atomic E-state index is 13.0. The summed E-state index contributed by atoms with van der Waals surface area (Å²) in [5.74, 6) is -0.171. The van der Waals surface area contributed by atoms with Gasteiger partial charge in [0.05, 0.1) is 31.0 Å². The van der Waals surface area contributed by atoms with Gasteiger partial charge in [-0.15, -0.1) is 11.3 Å². The van der Waals surface area contributed by atoms with E-state index in [-0.39, 0.29) is 11.8 Å². The fraction of sp³-hybridized carbons (Fsp3) is 0.280. The van der Waals surface area contributed by atoms with Crippen LogP contribution in [0.4, 0.5) is 17.1 Å². The number of morpholine rings is 1. The number of nitrogen functional groups attached to an aromatic ring is 1. The van der Waals surface area contributed by atoms with E-state index in [9.17, 15) is 9.59 Å². The van der Waals surface area contributed by atoms with Crippen LogP contribution in [0.2, 0.25) is 0 Å². The van der Waals surface area contributed by atoms with Gasteiger partial charge in [-0.2, -0.15) is 0 Å². The van der Waals surface area contributed by atoms with Crippen LogP contribution in [-0.4, -0.2) is 56.1 Å². The van der Waals surface area contributed by atoms with Crippen molar-refractivity contribution in [3.8, 4) is 10.4 Å². The maximum atomic E-state index is 13.0. The monoisotopic (exact) mass is 462 g/mol. The average molecular weight is 463 g/mol. The van der Waals surface area contributed by atoms with Gasteiger partial charge in [0.25, 0.3) is 5.91 Å². The molecule has 3 heterocycles. The minimum atomic E-state index is -0.243. The van der Waals surface area contributed by atoms with Gasteiger partial charge >= 0.3 is 0 Å². The number of rotatable bonds is 6. The summed E-state index contributed by atoms with van der Waals surface area (Å²) in [6.07, 6.45) is 0.315. The second kappa shape index (κ2) is 9.35. The lowest BCUT2D eigenvalue weighted by Crippen LogP contribution is -2.42. The number of hydrogen-bond acceptors (Lipinski definition) is 6. The Balaban J connectivity index is 1.29. The van der Waals surface area contributed by atoms with Crippen molar-refractivity contribution < 1.29 is 14.3 Å². The van der Waals surface area contributed by atoms with Crippen LogP contribution >= 0.6 is 11.3 Å². The van der Waals surface area contributed by atoms with Crippen LogP contribution < -0.4 is 16.0 Å². The van der Waals surface area contributed by atoms with Crippen molar-refractivity contribution in [2.45, 2.75) is 6.42 Å². The predicted octanol–water partition coefficient (Wildman–Crippen LogP) is 3.47. The Morgan fingerprint density at radius 2 is 1.94 bits per heavy atom. The Bertz CT molecular complexity index is 1170. The van der Waals surface area contributed by atoms with E-state index >= 15 is 0 Å². The highest BCUT2D eigenvalue weighted by Crippen LogP contribution is 2.32. The van der Waals surface area contributed by atoms with Crippen LogP contribution in [-0.2, 0) is 16.0 Å². The van der Waals surface area contributed by atoms with Gasteiger partial charge in [-0.1, -0.05) is 12.1 Å². The number of nitrogens with one attached hydrogen (secondary N) is 1. The fourth-order valence-corrected chi connectivity index (χ4v) is 5.01. The van der Waals surface area contributed by atoms with Crippen LogP contribution in [0.25, 0.3) is 10.4 Å². The zero-order chi connectivity index (χ0) is 22.8. The average Bonchev–Trinajstić information content (AvgIpc) is 3.47. The number of carbonyl (C=O) groups is 2. The summed E-state index contributed by atoms with van der Waals surface area (Å²) >= 11 is 1.63. The minimum Gasteiger partial charge on any atom is -0.397 e. The van der Waals surface area contributed by atoms with Crippen molar-refractivity contribution in [1.29, 1.82) is 0 Å². The van der Waals surface area contributed by atoms with Crippen molar-refractivity contribution in [2.24, 2.45) is 0 Å². The van der Waals surface area contributed by atoms with Crippen molar-refractivity contribution in [1.82, 2.24) is 4.90 Å². The molecule has 0 bridgehead atoms. The highest BCUT2D eigenvalue weighted by Gasteiger charge is 2.28. The number of hydrogen-bond donors (Lipinski definition) is 2. The smallest absolute Gasteiger partial charge is 0.255 e. The van der Waals surface area contributed by atoms with Crippen LogP contribution in [0.5, 0.6) is 0 Å². The third kappa shape index (κ3) is 4.64. The summed E-state index contributed by atoms with van der Waals surface area (Å²) in [6.45, 7) is 4.73. The molecule has 3 aromatic rings. The van der Waals surface area contributed by atoms with Gasteiger partial charge in [-0.25, -0.2) is 0 Å². The van der Waals surface area contributed by atoms with Gasteiger partial charge in [-0.05, 0) is 52.9 Å². The number of fused-ring (bicyclic) bond motifs is 1. The molecule has 2 aliphatic heterocycles. The summed E-state index contributed by atoms with van der Waals surface area (Å²) in [6, 6.07) is 15.1. The van der Waals surface area contributed by atoms with Crippen molar-refractivity contribution in [3.05, 3.63) is 65.0 Å². The van der Waals surface area contributed by atoms with E-state index in [4.69, 9.17) is 10.5 Å². The first-order valence-electron chi connectivity index (χ1n) is 11.1. The van der Waals surface area contributed by atoms with Crippen LogP contribution in [0.1, 0.15) is 15.9 Å². The molecule has 0 unspecified atom stereocenters. The molecule has 1 fully saturated rings. The molecule has 2 amide bonds. The number of carbonyl (C=O) groups excluding carboxylic acids is 2. The van der Waals surface area contributed by atoms with Crippen molar-refractivity contribution in [3.63, 3.8) is 0 Å². The first kappa shape index (κ1) is 21.6. The van der Waals surface area contributed by atoms with Crippen LogP contribution in [0.15, 0.2) is 53.9 Å². The highest BCUT2D eigenvalue weighted by atomic mass is 32.1. The standard InChI is InChI=1S/C25H26N4O3S/c26-20-5-3-17(23-2-1-13-33-23)15-21(20)27-25(31)18-4-6-22-19(14-18)16-24(30)29(22)8-7-28-9-11-32-12-10-28/h1-6,13-15H,7-12,16,26H2,(H,27,31). The SMILES string of the molecule is Nc1ccc(-c2cccs2)cc1NC(=O)c1ccc2c(c1)CC(=O)N2CCN1CCOCC1. The zero-order valence-electron chi connectivity index (χ0n) is 18.3. The Morgan fingerprint density at radius 3 is 2.73 bits per heavy atom. The number of nitrogens with zero attached hydrogens (tertiary/aromatic N) is 2. The van der Waals surface area contributed by atoms with Gasteiger partial charge in [0.15, 0.2) is 0 Å². The number of thiophene rings is 1. The molecule has 33 heavy (non-hydrogen) atoms. The third-order valence-electron chi connectivity index (χ3n) is 6.13. The molecule has 170 valence electrons. The summed E-state index contributed by atoms with van der Waals surface area (Å²) in [5.41, 5.74) is 10.5. The lowest BCUT2D eigenvalue weighted by Gasteiger charge is -2.28. The van der Waals surface area contributed by atoms with Gasteiger partial charge in [0, 0.05) is 42.3 Å². The second-order valence-electron chi connectivity index (χ2n) is 8.25. The van der Waals surface area contributed by atoms with Gasteiger partial charge in [-0.3, -0.25) is 14.5 Å². The molecule has 5 rings (SSSR count). The number of amides is 2. The van der Waals surface area contributed by atoms with E-state index in [1.165, 1.54) is 0 Å². The summed E-state index contributed by atoms with van der Waals surface area (Å²) < 4.78 is 5.39. The molecule has 0 aliphatic carbocycles. The molecule has 0 radical (unpaired) electrons. The molecule has 3 N–H and O–H groups in total. The zero-order valence-corrected chi connectivity index (χ0v) is 19.1. The minimum absolute atomic E-state index is 0.0729. The summed E-state index contributed by atoms with van der Waals surface area (Å²) in [4.78, 5) is 30.9. The van der Waals surface area contributed by atoms with E-state index < -0.39 is 0 Å². The Morgan fingerprint density at radius 1 is 1.09 bits per heavy atom. The fourth-order valence-electron chi connectivity index (χ4n) is 4.29. The molecular weight excluding hydrogens is 436 g/mol. The number of benzene rings is 2. The third-order valence-corrected chi connectivity index (χ3v) is 7.04. The largest absolute Gasteiger partial charge is 0.397 e. The Labute approximate surface area is 196 Å². The molecule has 0 saturated carbocycles. The quantitative estimate of drug-likeness (QED) is 0.548. The number of ether oxygens (including phenoxy) is 1. The molecule has 0 atom stereocenters. The van der Waals surface area contributed by atoms with Crippen molar-refractivity contribution >= 4 is 40.2 Å². The summed E-state index contributed by atoms with van der Waals surface area (Å²) in [7, 11) is 0. The van der Waals surface area contributed by atoms with Crippen LogP contribution in [0, 0.1) is 0 Å². The number of anilines is 3. The van der Waals surface area contributed by atoms with E-state index in [0.29, 0.717) is 29.9 Å². The molecule has 8 heteroatoms. The first-order valence-corrected chi connectivity index (χ1v) is 11.9. The molecule has 1 saturated heterocycles.